The monoisotopic (exact) mass is 203 g/mol. The summed E-state index contributed by atoms with van der Waals surface area (Å²) in [4.78, 5) is 0. The Kier molecular flexibility index (Phi) is 4.57. The fourth-order valence-electron chi connectivity index (χ4n) is 1.49. The van der Waals surface area contributed by atoms with Gasteiger partial charge in [-0.3, -0.25) is 0 Å². The fourth-order valence-corrected chi connectivity index (χ4v) is 1.49. The molecule has 0 saturated carbocycles. The van der Waals surface area contributed by atoms with E-state index in [9.17, 15) is 0 Å². The van der Waals surface area contributed by atoms with E-state index in [4.69, 9.17) is 0 Å². The van der Waals surface area contributed by atoms with Gasteiger partial charge in [0.05, 0.1) is 0 Å². The number of rotatable bonds is 4. The van der Waals surface area contributed by atoms with Crippen molar-refractivity contribution >= 4 is 0 Å². The van der Waals surface area contributed by atoms with Crippen molar-refractivity contribution in [3.63, 3.8) is 0 Å². The molecule has 1 nitrogen and oxygen atoms in total. The molecule has 0 aromatic heterocycles. The van der Waals surface area contributed by atoms with Gasteiger partial charge in [-0.05, 0) is 44.4 Å². The minimum atomic E-state index is 0.954. The summed E-state index contributed by atoms with van der Waals surface area (Å²) in [6.07, 6.45) is 2.21. The van der Waals surface area contributed by atoms with Crippen LogP contribution in [-0.4, -0.2) is 6.54 Å². The van der Waals surface area contributed by atoms with Crippen LogP contribution < -0.4 is 5.32 Å². The molecule has 1 aromatic rings. The molecule has 0 bridgehead atoms. The first-order chi connectivity index (χ1) is 7.11. The number of hydrogen-bond acceptors (Lipinski definition) is 1. The van der Waals surface area contributed by atoms with Crippen molar-refractivity contribution in [3.8, 4) is 0 Å². The van der Waals surface area contributed by atoms with Crippen molar-refractivity contribution in [1.82, 2.24) is 5.32 Å². The molecule has 0 fully saturated rings. The van der Waals surface area contributed by atoms with E-state index >= 15 is 0 Å². The van der Waals surface area contributed by atoms with Gasteiger partial charge < -0.3 is 5.32 Å². The topological polar surface area (TPSA) is 12.0 Å². The molecule has 0 heterocycles. The second-order valence-corrected chi connectivity index (χ2v) is 4.27. The second-order valence-electron chi connectivity index (χ2n) is 4.27. The quantitative estimate of drug-likeness (QED) is 0.584. The minimum absolute atomic E-state index is 0.954. The minimum Gasteiger partial charge on any atom is -0.309 e. The summed E-state index contributed by atoms with van der Waals surface area (Å²) in [5, 5.41) is 3.42. The van der Waals surface area contributed by atoms with Gasteiger partial charge in [-0.25, -0.2) is 0 Å². The highest BCUT2D eigenvalue weighted by Crippen LogP contribution is 2.11. The zero-order valence-electron chi connectivity index (χ0n) is 10.2. The molecule has 82 valence electrons. The van der Waals surface area contributed by atoms with Crippen LogP contribution in [0, 0.1) is 13.8 Å². The largest absolute Gasteiger partial charge is 0.309 e. The maximum absolute atomic E-state index is 3.42. The lowest BCUT2D eigenvalue weighted by Gasteiger charge is -2.08. The standard InChI is InChI=1S/C14H21N/c1-11(2)8-9-15-10-14-7-5-6-12(3)13(14)4/h5-8,15H,9-10H2,1-4H3. The van der Waals surface area contributed by atoms with Gasteiger partial charge in [0.1, 0.15) is 0 Å². The summed E-state index contributed by atoms with van der Waals surface area (Å²) < 4.78 is 0. The molecule has 1 aromatic carbocycles. The highest BCUT2D eigenvalue weighted by molar-refractivity contribution is 5.32. The molecule has 0 radical (unpaired) electrons. The Morgan fingerprint density at radius 2 is 2.00 bits per heavy atom. The van der Waals surface area contributed by atoms with Crippen LogP contribution in [0.3, 0.4) is 0 Å². The Morgan fingerprint density at radius 1 is 1.27 bits per heavy atom. The Hall–Kier alpha value is -1.08. The van der Waals surface area contributed by atoms with E-state index in [0.29, 0.717) is 0 Å². The maximum atomic E-state index is 3.42. The number of allylic oxidation sites excluding steroid dienone is 1. The Labute approximate surface area is 93.2 Å². The van der Waals surface area contributed by atoms with Crippen LogP contribution >= 0.6 is 0 Å². The van der Waals surface area contributed by atoms with Crippen LogP contribution in [-0.2, 0) is 6.54 Å². The first kappa shape index (κ1) is 12.0. The van der Waals surface area contributed by atoms with Crippen LogP contribution in [0.25, 0.3) is 0 Å². The lowest BCUT2D eigenvalue weighted by molar-refractivity contribution is 0.752. The molecule has 1 N–H and O–H groups in total. The van der Waals surface area contributed by atoms with Gasteiger partial charge in [0.2, 0.25) is 0 Å². The van der Waals surface area contributed by atoms with E-state index < -0.39 is 0 Å². The van der Waals surface area contributed by atoms with E-state index in [-0.39, 0.29) is 0 Å². The molecular formula is C14H21N. The molecule has 15 heavy (non-hydrogen) atoms. The fraction of sp³-hybridized carbons (Fsp3) is 0.429. The molecular weight excluding hydrogens is 182 g/mol. The summed E-state index contributed by atoms with van der Waals surface area (Å²) in [6, 6.07) is 6.48. The summed E-state index contributed by atoms with van der Waals surface area (Å²) in [6.45, 7) is 10.5. The SMILES string of the molecule is CC(C)=CCNCc1cccc(C)c1C. The van der Waals surface area contributed by atoms with Crippen molar-refractivity contribution in [3.05, 3.63) is 46.5 Å². The van der Waals surface area contributed by atoms with Gasteiger partial charge in [-0.2, -0.15) is 0 Å². The van der Waals surface area contributed by atoms with Gasteiger partial charge in [-0.1, -0.05) is 29.8 Å². The van der Waals surface area contributed by atoms with E-state index in [2.05, 4.69) is 57.3 Å². The lowest BCUT2D eigenvalue weighted by Crippen LogP contribution is -2.14. The first-order valence-electron chi connectivity index (χ1n) is 5.50. The molecule has 0 atom stereocenters. The summed E-state index contributed by atoms with van der Waals surface area (Å²) in [5.41, 5.74) is 5.54. The number of benzene rings is 1. The van der Waals surface area contributed by atoms with Crippen molar-refractivity contribution in [1.29, 1.82) is 0 Å². The normalized spacial score (nSPS) is 10.1. The maximum Gasteiger partial charge on any atom is 0.0211 e. The average molecular weight is 203 g/mol. The molecule has 0 aliphatic rings. The predicted molar refractivity (Wildman–Crippen MR) is 67.1 cm³/mol. The molecule has 0 aliphatic heterocycles. The van der Waals surface area contributed by atoms with E-state index in [1.165, 1.54) is 22.3 Å². The van der Waals surface area contributed by atoms with Crippen molar-refractivity contribution in [2.45, 2.75) is 34.2 Å². The van der Waals surface area contributed by atoms with E-state index in [1.807, 2.05) is 0 Å². The third kappa shape index (κ3) is 3.88. The van der Waals surface area contributed by atoms with Crippen LogP contribution in [0.2, 0.25) is 0 Å². The third-order valence-corrected chi connectivity index (χ3v) is 2.69. The Morgan fingerprint density at radius 3 is 2.67 bits per heavy atom. The second kappa shape index (κ2) is 5.72. The zero-order chi connectivity index (χ0) is 11.3. The highest BCUT2D eigenvalue weighted by Gasteiger charge is 1.98. The first-order valence-corrected chi connectivity index (χ1v) is 5.50. The summed E-state index contributed by atoms with van der Waals surface area (Å²) >= 11 is 0. The van der Waals surface area contributed by atoms with Gasteiger partial charge >= 0.3 is 0 Å². The summed E-state index contributed by atoms with van der Waals surface area (Å²) in [5.74, 6) is 0. The zero-order valence-corrected chi connectivity index (χ0v) is 10.2. The Balaban J connectivity index is 2.51. The summed E-state index contributed by atoms with van der Waals surface area (Å²) in [7, 11) is 0. The molecule has 0 aliphatic carbocycles. The van der Waals surface area contributed by atoms with Gasteiger partial charge in [-0.15, -0.1) is 0 Å². The third-order valence-electron chi connectivity index (χ3n) is 2.69. The van der Waals surface area contributed by atoms with E-state index in [0.717, 1.165) is 13.1 Å². The van der Waals surface area contributed by atoms with Crippen LogP contribution in [0.15, 0.2) is 29.8 Å². The van der Waals surface area contributed by atoms with E-state index in [1.54, 1.807) is 0 Å². The van der Waals surface area contributed by atoms with Crippen molar-refractivity contribution in [2.75, 3.05) is 6.54 Å². The van der Waals surface area contributed by atoms with Crippen molar-refractivity contribution < 1.29 is 0 Å². The molecule has 1 rings (SSSR count). The van der Waals surface area contributed by atoms with Gasteiger partial charge in [0.25, 0.3) is 0 Å². The lowest BCUT2D eigenvalue weighted by atomic mass is 10.0. The van der Waals surface area contributed by atoms with Crippen LogP contribution in [0.4, 0.5) is 0 Å². The van der Waals surface area contributed by atoms with Crippen LogP contribution in [0.5, 0.6) is 0 Å². The average Bonchev–Trinajstić information content (AvgIpc) is 2.18. The molecule has 0 saturated heterocycles. The number of hydrogen-bond donors (Lipinski definition) is 1. The molecule has 0 spiro atoms. The van der Waals surface area contributed by atoms with Crippen LogP contribution in [0.1, 0.15) is 30.5 Å². The van der Waals surface area contributed by atoms with Gasteiger partial charge in [0.15, 0.2) is 0 Å². The number of nitrogens with one attached hydrogen (secondary N) is 1. The highest BCUT2D eigenvalue weighted by atomic mass is 14.8. The Bertz CT molecular complexity index is 346. The van der Waals surface area contributed by atoms with Gasteiger partial charge in [0, 0.05) is 13.1 Å². The molecule has 0 unspecified atom stereocenters. The van der Waals surface area contributed by atoms with Crippen molar-refractivity contribution in [2.24, 2.45) is 0 Å². The predicted octanol–water partition coefficient (Wildman–Crippen LogP) is 3.36. The smallest absolute Gasteiger partial charge is 0.0211 e. The number of aryl methyl sites for hydroxylation is 1. The molecule has 0 amide bonds. The molecule has 1 heteroatoms.